The van der Waals surface area contributed by atoms with E-state index < -0.39 is 0 Å². The van der Waals surface area contributed by atoms with Crippen LogP contribution >= 0.6 is 0 Å². The van der Waals surface area contributed by atoms with Gasteiger partial charge in [-0.15, -0.1) is 0 Å². The topological polar surface area (TPSA) is 42.2 Å². The van der Waals surface area contributed by atoms with Crippen LogP contribution in [0.2, 0.25) is 0 Å². The minimum absolute atomic E-state index is 0.0565. The van der Waals surface area contributed by atoms with E-state index in [4.69, 9.17) is 0 Å². The number of hydrogen-bond acceptors (Lipinski definition) is 3. The minimum atomic E-state index is 0.0565. The van der Waals surface area contributed by atoms with Crippen LogP contribution in [0, 0.1) is 5.92 Å². The van der Waals surface area contributed by atoms with Crippen LogP contribution in [0.25, 0.3) is 5.52 Å². The van der Waals surface area contributed by atoms with Gasteiger partial charge in [0.2, 0.25) is 0 Å². The van der Waals surface area contributed by atoms with E-state index in [9.17, 15) is 0 Å². The summed E-state index contributed by atoms with van der Waals surface area (Å²) < 4.78 is 1.92. The fourth-order valence-electron chi connectivity index (χ4n) is 2.14. The highest BCUT2D eigenvalue weighted by molar-refractivity contribution is 5.68. The molecule has 2 heterocycles. The average Bonchev–Trinajstić information content (AvgIpc) is 2.78. The van der Waals surface area contributed by atoms with E-state index in [-0.39, 0.29) is 5.41 Å². The van der Waals surface area contributed by atoms with Crippen LogP contribution in [-0.4, -0.2) is 21.1 Å². The van der Waals surface area contributed by atoms with Crippen LogP contribution < -0.4 is 5.32 Å². The fourth-order valence-corrected chi connectivity index (χ4v) is 2.14. The number of hydrogen-bond donors (Lipinski definition) is 1. The number of rotatable bonds is 5. The largest absolute Gasteiger partial charge is 0.368 e. The van der Waals surface area contributed by atoms with Crippen LogP contribution in [0.15, 0.2) is 18.5 Å². The maximum absolute atomic E-state index is 4.64. The Bertz CT molecular complexity index is 563. The van der Waals surface area contributed by atoms with Gasteiger partial charge in [-0.05, 0) is 24.8 Å². The van der Waals surface area contributed by atoms with Crippen molar-refractivity contribution in [3.8, 4) is 0 Å². The van der Waals surface area contributed by atoms with Gasteiger partial charge in [-0.1, -0.05) is 34.6 Å². The molecule has 0 amide bonds. The zero-order valence-corrected chi connectivity index (χ0v) is 13.3. The maximum Gasteiger partial charge on any atom is 0.152 e. The maximum atomic E-state index is 4.64. The van der Waals surface area contributed by atoms with Crippen molar-refractivity contribution in [2.24, 2.45) is 5.92 Å². The fraction of sp³-hybridized carbons (Fsp3) is 0.625. The molecule has 2 aromatic heterocycles. The first-order valence-corrected chi connectivity index (χ1v) is 7.46. The molecule has 0 radical (unpaired) electrons. The van der Waals surface area contributed by atoms with E-state index in [2.05, 4.69) is 56.1 Å². The van der Waals surface area contributed by atoms with Crippen molar-refractivity contribution in [3.63, 3.8) is 0 Å². The third-order valence-corrected chi connectivity index (χ3v) is 3.41. The second-order valence-corrected chi connectivity index (χ2v) is 6.85. The zero-order chi connectivity index (χ0) is 14.8. The van der Waals surface area contributed by atoms with Gasteiger partial charge in [-0.3, -0.25) is 0 Å². The summed E-state index contributed by atoms with van der Waals surface area (Å²) in [6.45, 7) is 12.0. The molecule has 110 valence electrons. The smallest absolute Gasteiger partial charge is 0.152 e. The van der Waals surface area contributed by atoms with Crippen molar-refractivity contribution in [2.75, 3.05) is 11.9 Å². The van der Waals surface area contributed by atoms with Gasteiger partial charge in [0.15, 0.2) is 5.82 Å². The molecule has 4 nitrogen and oxygen atoms in total. The van der Waals surface area contributed by atoms with Crippen molar-refractivity contribution in [2.45, 2.75) is 52.9 Å². The van der Waals surface area contributed by atoms with Gasteiger partial charge in [0.25, 0.3) is 0 Å². The summed E-state index contributed by atoms with van der Waals surface area (Å²) in [6.07, 6.45) is 6.12. The van der Waals surface area contributed by atoms with E-state index in [0.29, 0.717) is 0 Å². The first-order valence-electron chi connectivity index (χ1n) is 7.46. The lowest BCUT2D eigenvalue weighted by Gasteiger charge is -2.13. The quantitative estimate of drug-likeness (QED) is 0.841. The molecule has 4 heteroatoms. The van der Waals surface area contributed by atoms with Crippen LogP contribution in [-0.2, 0) is 5.41 Å². The Labute approximate surface area is 121 Å². The lowest BCUT2D eigenvalue weighted by atomic mass is 9.92. The summed E-state index contributed by atoms with van der Waals surface area (Å²) in [5.74, 6) is 1.68. The Balaban J connectivity index is 2.15. The molecule has 0 atom stereocenters. The van der Waals surface area contributed by atoms with Gasteiger partial charge in [0.05, 0.1) is 5.69 Å². The predicted molar refractivity (Wildman–Crippen MR) is 84.2 cm³/mol. The van der Waals surface area contributed by atoms with Crippen molar-refractivity contribution >= 4 is 11.3 Å². The first-order chi connectivity index (χ1) is 9.38. The lowest BCUT2D eigenvalue weighted by molar-refractivity contribution is 0.562. The number of anilines is 1. The molecule has 0 spiro atoms. The van der Waals surface area contributed by atoms with Gasteiger partial charge in [0, 0.05) is 24.4 Å². The van der Waals surface area contributed by atoms with Gasteiger partial charge < -0.3 is 5.32 Å². The number of aromatic nitrogens is 3. The molecular weight excluding hydrogens is 248 g/mol. The second kappa shape index (κ2) is 5.81. The van der Waals surface area contributed by atoms with Crippen LogP contribution in [0.1, 0.15) is 53.2 Å². The van der Waals surface area contributed by atoms with Gasteiger partial charge in [0.1, 0.15) is 5.52 Å². The van der Waals surface area contributed by atoms with E-state index in [0.717, 1.165) is 29.5 Å². The Morgan fingerprint density at radius 2 is 2.05 bits per heavy atom. The van der Waals surface area contributed by atoms with Crippen molar-refractivity contribution in [1.29, 1.82) is 0 Å². The van der Waals surface area contributed by atoms with Gasteiger partial charge >= 0.3 is 0 Å². The first kappa shape index (κ1) is 14.8. The standard InChI is InChI=1S/C16H26N4/c1-12(2)7-6-8-17-15-13-11-14(16(3,4)5)19-20(13)10-9-18-15/h9-12H,6-8H2,1-5H3,(H,17,18). The molecule has 0 saturated carbocycles. The molecular formula is C16H26N4. The molecule has 0 aliphatic heterocycles. The molecule has 0 aliphatic rings. The summed E-state index contributed by atoms with van der Waals surface area (Å²) >= 11 is 0. The Morgan fingerprint density at radius 1 is 1.30 bits per heavy atom. The normalized spacial score (nSPS) is 12.3. The van der Waals surface area contributed by atoms with E-state index in [1.807, 2.05) is 10.7 Å². The Hall–Kier alpha value is -1.58. The summed E-state index contributed by atoms with van der Waals surface area (Å²) in [6, 6.07) is 2.14. The minimum Gasteiger partial charge on any atom is -0.368 e. The Morgan fingerprint density at radius 3 is 2.70 bits per heavy atom. The molecule has 0 aromatic carbocycles. The molecule has 0 fully saturated rings. The molecule has 0 saturated heterocycles. The molecule has 1 N–H and O–H groups in total. The van der Waals surface area contributed by atoms with E-state index in [1.54, 1.807) is 6.20 Å². The third-order valence-electron chi connectivity index (χ3n) is 3.41. The molecule has 2 rings (SSSR count). The van der Waals surface area contributed by atoms with Crippen molar-refractivity contribution in [1.82, 2.24) is 14.6 Å². The number of nitrogens with one attached hydrogen (secondary N) is 1. The lowest BCUT2D eigenvalue weighted by Crippen LogP contribution is -2.11. The summed E-state index contributed by atoms with van der Waals surface area (Å²) in [5.41, 5.74) is 2.21. The summed E-state index contributed by atoms with van der Waals surface area (Å²) in [5, 5.41) is 8.07. The molecule has 0 bridgehead atoms. The highest BCUT2D eigenvalue weighted by Crippen LogP contribution is 2.24. The van der Waals surface area contributed by atoms with Crippen molar-refractivity contribution in [3.05, 3.63) is 24.2 Å². The summed E-state index contributed by atoms with van der Waals surface area (Å²) in [7, 11) is 0. The average molecular weight is 274 g/mol. The number of fused-ring (bicyclic) bond motifs is 1. The molecule has 2 aromatic rings. The molecule has 20 heavy (non-hydrogen) atoms. The zero-order valence-electron chi connectivity index (χ0n) is 13.3. The number of nitrogens with zero attached hydrogens (tertiary/aromatic N) is 3. The van der Waals surface area contributed by atoms with E-state index >= 15 is 0 Å². The molecule has 0 unspecified atom stereocenters. The predicted octanol–water partition coefficient (Wildman–Crippen LogP) is 3.87. The van der Waals surface area contributed by atoms with Gasteiger partial charge in [-0.2, -0.15) is 5.10 Å². The van der Waals surface area contributed by atoms with Crippen LogP contribution in [0.3, 0.4) is 0 Å². The summed E-state index contributed by atoms with van der Waals surface area (Å²) in [4.78, 5) is 4.45. The van der Waals surface area contributed by atoms with Crippen LogP contribution in [0.5, 0.6) is 0 Å². The molecule has 0 aliphatic carbocycles. The Kier molecular flexibility index (Phi) is 4.31. The highest BCUT2D eigenvalue weighted by atomic mass is 15.2. The third kappa shape index (κ3) is 3.50. The van der Waals surface area contributed by atoms with Gasteiger partial charge in [-0.25, -0.2) is 9.50 Å². The monoisotopic (exact) mass is 274 g/mol. The van der Waals surface area contributed by atoms with E-state index in [1.165, 1.54) is 12.8 Å². The van der Waals surface area contributed by atoms with Crippen LogP contribution in [0.4, 0.5) is 5.82 Å². The van der Waals surface area contributed by atoms with Crippen molar-refractivity contribution < 1.29 is 0 Å². The second-order valence-electron chi connectivity index (χ2n) is 6.85. The highest BCUT2D eigenvalue weighted by Gasteiger charge is 2.18. The SMILES string of the molecule is CC(C)CCCNc1nccn2nc(C(C)(C)C)cc12.